The van der Waals surface area contributed by atoms with Crippen molar-refractivity contribution in [1.29, 1.82) is 0 Å². The van der Waals surface area contributed by atoms with Crippen molar-refractivity contribution < 1.29 is 9.53 Å². The molecule has 0 aliphatic rings. The Morgan fingerprint density at radius 2 is 2.20 bits per heavy atom. The van der Waals surface area contributed by atoms with Gasteiger partial charge in [0.15, 0.2) is 5.78 Å². The molecule has 0 unspecified atom stereocenters. The first-order chi connectivity index (χ1) is 7.24. The highest BCUT2D eigenvalue weighted by molar-refractivity contribution is 9.09. The van der Waals surface area contributed by atoms with Crippen LogP contribution in [0.2, 0.25) is 0 Å². The van der Waals surface area contributed by atoms with Crippen LogP contribution in [0.25, 0.3) is 0 Å². The summed E-state index contributed by atoms with van der Waals surface area (Å²) in [5, 5.41) is 0.701. The zero-order chi connectivity index (χ0) is 11.3. The Balaban J connectivity index is 3.11. The molecular weight excluding hydrogens is 256 g/mol. The molecule has 0 fully saturated rings. The van der Waals surface area contributed by atoms with Crippen LogP contribution in [0.1, 0.15) is 29.3 Å². The summed E-state index contributed by atoms with van der Waals surface area (Å²) in [6.07, 6.45) is 1.34. The summed E-state index contributed by atoms with van der Waals surface area (Å²) in [5.41, 5.74) is 1.79. The molecule has 0 radical (unpaired) electrons. The first-order valence-corrected chi connectivity index (χ1v) is 6.11. The number of Topliss-reactive ketones (excluding diaryl/α,β-unsaturated/α-hetero) is 1. The van der Waals surface area contributed by atoms with Crippen molar-refractivity contribution >= 4 is 21.7 Å². The maximum atomic E-state index is 11.8. The lowest BCUT2D eigenvalue weighted by Crippen LogP contribution is -2.05. The van der Waals surface area contributed by atoms with Gasteiger partial charge >= 0.3 is 0 Å². The summed E-state index contributed by atoms with van der Waals surface area (Å²) in [4.78, 5) is 11.8. The van der Waals surface area contributed by atoms with Crippen LogP contribution in [0.4, 0.5) is 0 Å². The predicted molar refractivity (Wildman–Crippen MR) is 65.1 cm³/mol. The average Bonchev–Trinajstić information content (AvgIpc) is 2.28. The highest BCUT2D eigenvalue weighted by atomic mass is 79.9. The highest BCUT2D eigenvalue weighted by Gasteiger charge is 2.12. The zero-order valence-corrected chi connectivity index (χ0v) is 10.6. The van der Waals surface area contributed by atoms with Crippen LogP contribution >= 0.6 is 15.9 Å². The average molecular weight is 271 g/mol. The van der Waals surface area contributed by atoms with E-state index in [1.165, 1.54) is 0 Å². The smallest absolute Gasteiger partial charge is 0.164 e. The number of methoxy groups -OCH3 is 1. The molecule has 0 amide bonds. The van der Waals surface area contributed by atoms with Gasteiger partial charge in [-0.15, -0.1) is 0 Å². The molecule has 0 aliphatic heterocycles. The summed E-state index contributed by atoms with van der Waals surface area (Å²) in [5.74, 6) is 0.973. The molecule has 0 N–H and O–H groups in total. The lowest BCUT2D eigenvalue weighted by Gasteiger charge is -2.10. The van der Waals surface area contributed by atoms with E-state index in [0.29, 0.717) is 11.8 Å². The van der Waals surface area contributed by atoms with Gasteiger partial charge in [-0.1, -0.05) is 35.0 Å². The Labute approximate surface area is 98.8 Å². The molecule has 0 saturated heterocycles. The first-order valence-electron chi connectivity index (χ1n) is 4.99. The van der Waals surface area contributed by atoms with E-state index >= 15 is 0 Å². The number of rotatable bonds is 5. The third kappa shape index (κ3) is 2.81. The summed E-state index contributed by atoms with van der Waals surface area (Å²) >= 11 is 3.28. The topological polar surface area (TPSA) is 26.3 Å². The van der Waals surface area contributed by atoms with E-state index in [-0.39, 0.29) is 5.78 Å². The normalized spacial score (nSPS) is 10.1. The van der Waals surface area contributed by atoms with Crippen LogP contribution in [0.5, 0.6) is 5.75 Å². The number of ketones is 1. The molecule has 1 aromatic carbocycles. The van der Waals surface area contributed by atoms with Crippen molar-refractivity contribution in [2.45, 2.75) is 19.8 Å². The molecule has 0 heterocycles. The lowest BCUT2D eigenvalue weighted by atomic mass is 9.99. The Morgan fingerprint density at radius 3 is 2.73 bits per heavy atom. The SMILES string of the molecule is CCc1c(OC)cccc1C(=O)CCBr. The van der Waals surface area contributed by atoms with Crippen molar-refractivity contribution in [3.8, 4) is 5.75 Å². The molecule has 1 rings (SSSR count). The fraction of sp³-hybridized carbons (Fsp3) is 0.417. The van der Waals surface area contributed by atoms with Crippen LogP contribution in [0.15, 0.2) is 18.2 Å². The lowest BCUT2D eigenvalue weighted by molar-refractivity contribution is 0.0988. The summed E-state index contributed by atoms with van der Waals surface area (Å²) < 4.78 is 5.24. The quantitative estimate of drug-likeness (QED) is 0.607. The van der Waals surface area contributed by atoms with E-state index in [0.717, 1.165) is 23.3 Å². The Kier molecular flexibility index (Phi) is 4.82. The van der Waals surface area contributed by atoms with E-state index < -0.39 is 0 Å². The highest BCUT2D eigenvalue weighted by Crippen LogP contribution is 2.23. The number of hydrogen-bond donors (Lipinski definition) is 0. The standard InChI is InChI=1S/C12H15BrO2/c1-3-9-10(11(14)7-8-13)5-4-6-12(9)15-2/h4-6H,3,7-8H2,1-2H3. The van der Waals surface area contributed by atoms with Crippen molar-refractivity contribution in [2.75, 3.05) is 12.4 Å². The largest absolute Gasteiger partial charge is 0.496 e. The fourth-order valence-electron chi connectivity index (χ4n) is 1.60. The number of benzene rings is 1. The Morgan fingerprint density at radius 1 is 1.47 bits per heavy atom. The second-order valence-electron chi connectivity index (χ2n) is 3.20. The Hall–Kier alpha value is -0.830. The molecule has 0 atom stereocenters. The summed E-state index contributed by atoms with van der Waals surface area (Å²) in [6.45, 7) is 2.03. The van der Waals surface area contributed by atoms with Crippen molar-refractivity contribution in [3.05, 3.63) is 29.3 Å². The van der Waals surface area contributed by atoms with Crippen LogP contribution in [0.3, 0.4) is 0 Å². The number of alkyl halides is 1. The molecule has 0 bridgehead atoms. The van der Waals surface area contributed by atoms with Gasteiger partial charge in [0, 0.05) is 22.9 Å². The molecule has 2 nitrogen and oxygen atoms in total. The van der Waals surface area contributed by atoms with Gasteiger partial charge in [0.2, 0.25) is 0 Å². The fourth-order valence-corrected chi connectivity index (χ4v) is 1.96. The molecular formula is C12H15BrO2. The van der Waals surface area contributed by atoms with Crippen LogP contribution < -0.4 is 4.74 Å². The first kappa shape index (κ1) is 12.2. The number of hydrogen-bond acceptors (Lipinski definition) is 2. The number of carbonyl (C=O) groups is 1. The van der Waals surface area contributed by atoms with E-state index in [2.05, 4.69) is 15.9 Å². The minimum absolute atomic E-state index is 0.169. The third-order valence-corrected chi connectivity index (χ3v) is 2.72. The van der Waals surface area contributed by atoms with Crippen molar-refractivity contribution in [3.63, 3.8) is 0 Å². The van der Waals surface area contributed by atoms with Crippen LogP contribution in [0, 0.1) is 0 Å². The van der Waals surface area contributed by atoms with Gasteiger partial charge in [-0.05, 0) is 12.5 Å². The summed E-state index contributed by atoms with van der Waals surface area (Å²) in [7, 11) is 1.63. The van der Waals surface area contributed by atoms with Gasteiger partial charge in [-0.2, -0.15) is 0 Å². The monoisotopic (exact) mass is 270 g/mol. The van der Waals surface area contributed by atoms with Crippen molar-refractivity contribution in [1.82, 2.24) is 0 Å². The third-order valence-electron chi connectivity index (χ3n) is 2.33. The summed E-state index contributed by atoms with van der Waals surface area (Å²) in [6, 6.07) is 5.62. The van der Waals surface area contributed by atoms with Gasteiger partial charge < -0.3 is 4.74 Å². The number of carbonyl (C=O) groups excluding carboxylic acids is 1. The molecule has 3 heteroatoms. The van der Waals surface area contributed by atoms with Gasteiger partial charge in [0.1, 0.15) is 5.75 Å². The molecule has 0 saturated carbocycles. The van der Waals surface area contributed by atoms with E-state index in [1.807, 2.05) is 25.1 Å². The maximum absolute atomic E-state index is 11.8. The van der Waals surface area contributed by atoms with Gasteiger partial charge in [-0.25, -0.2) is 0 Å². The second-order valence-corrected chi connectivity index (χ2v) is 4.00. The van der Waals surface area contributed by atoms with E-state index in [4.69, 9.17) is 4.74 Å². The molecule has 15 heavy (non-hydrogen) atoms. The molecule has 0 spiro atoms. The predicted octanol–water partition coefficient (Wildman–Crippen LogP) is 3.23. The molecule has 1 aromatic rings. The molecule has 0 aromatic heterocycles. The van der Waals surface area contributed by atoms with E-state index in [1.54, 1.807) is 7.11 Å². The maximum Gasteiger partial charge on any atom is 0.164 e. The minimum atomic E-state index is 0.169. The van der Waals surface area contributed by atoms with Gasteiger partial charge in [0.05, 0.1) is 7.11 Å². The van der Waals surface area contributed by atoms with Crippen molar-refractivity contribution in [2.24, 2.45) is 0 Å². The second kappa shape index (κ2) is 5.91. The van der Waals surface area contributed by atoms with Gasteiger partial charge in [-0.3, -0.25) is 4.79 Å². The van der Waals surface area contributed by atoms with E-state index in [9.17, 15) is 4.79 Å². The van der Waals surface area contributed by atoms with Gasteiger partial charge in [0.25, 0.3) is 0 Å². The molecule has 0 aliphatic carbocycles. The minimum Gasteiger partial charge on any atom is -0.496 e. The number of ether oxygens (including phenoxy) is 1. The van der Waals surface area contributed by atoms with Crippen LogP contribution in [-0.2, 0) is 6.42 Å². The zero-order valence-electron chi connectivity index (χ0n) is 9.05. The number of halogens is 1. The van der Waals surface area contributed by atoms with Crippen LogP contribution in [-0.4, -0.2) is 18.2 Å². The molecule has 82 valence electrons. The Bertz CT molecular complexity index is 347.